The van der Waals surface area contributed by atoms with Gasteiger partial charge in [-0.2, -0.15) is 5.26 Å². The highest BCUT2D eigenvalue weighted by Crippen LogP contribution is 2.41. The fraction of sp³-hybridized carbons (Fsp3) is 0.370. The number of nitrogens with zero attached hydrogens (tertiary/aromatic N) is 3. The zero-order valence-corrected chi connectivity index (χ0v) is 20.3. The van der Waals surface area contributed by atoms with Crippen LogP contribution in [-0.4, -0.2) is 35.1 Å². The topological polar surface area (TPSA) is 78.2 Å². The average molecular weight is 473 g/mol. The van der Waals surface area contributed by atoms with Gasteiger partial charge in [0.05, 0.1) is 22.6 Å². The van der Waals surface area contributed by atoms with Gasteiger partial charge in [-0.05, 0) is 74.4 Å². The number of hydrogen-bond acceptors (Lipinski definition) is 5. The summed E-state index contributed by atoms with van der Waals surface area (Å²) in [5.74, 6) is 0.598. The van der Waals surface area contributed by atoms with Gasteiger partial charge in [-0.1, -0.05) is 18.2 Å². The van der Waals surface area contributed by atoms with Crippen LogP contribution in [0.5, 0.6) is 5.75 Å². The second kappa shape index (κ2) is 9.47. The first kappa shape index (κ1) is 22.4. The van der Waals surface area contributed by atoms with Crippen molar-refractivity contribution in [2.75, 3.05) is 13.1 Å². The van der Waals surface area contributed by atoms with E-state index in [4.69, 9.17) is 4.74 Å². The number of benzene rings is 2. The number of rotatable bonds is 5. The van der Waals surface area contributed by atoms with E-state index in [1.54, 1.807) is 11.3 Å². The SMILES string of the molecule is CC(C)Oc1ccc(-c2ncc(-c3cccc4c3CCC4NC(=O)N3CCCC3)s2)cc1C#N. The highest BCUT2D eigenvalue weighted by Gasteiger charge is 2.29. The van der Waals surface area contributed by atoms with Crippen LogP contribution in [0.25, 0.3) is 21.0 Å². The van der Waals surface area contributed by atoms with Crippen LogP contribution in [-0.2, 0) is 6.42 Å². The number of ether oxygens (including phenoxy) is 1. The Kier molecular flexibility index (Phi) is 6.25. The Hall–Kier alpha value is -3.37. The van der Waals surface area contributed by atoms with Crippen molar-refractivity contribution in [2.45, 2.75) is 51.7 Å². The Balaban J connectivity index is 1.39. The van der Waals surface area contributed by atoms with Crippen LogP contribution in [0.3, 0.4) is 0 Å². The summed E-state index contributed by atoms with van der Waals surface area (Å²) in [6.45, 7) is 5.60. The van der Waals surface area contributed by atoms with E-state index < -0.39 is 0 Å². The molecule has 5 rings (SSSR count). The van der Waals surface area contributed by atoms with Crippen LogP contribution in [0.2, 0.25) is 0 Å². The number of fused-ring (bicyclic) bond motifs is 1. The van der Waals surface area contributed by atoms with E-state index in [-0.39, 0.29) is 18.2 Å². The van der Waals surface area contributed by atoms with Crippen molar-refractivity contribution in [3.63, 3.8) is 0 Å². The molecule has 3 aromatic rings. The van der Waals surface area contributed by atoms with Crippen LogP contribution < -0.4 is 10.1 Å². The number of urea groups is 1. The monoisotopic (exact) mass is 472 g/mol. The van der Waals surface area contributed by atoms with Gasteiger partial charge in [-0.3, -0.25) is 0 Å². The number of thiazole rings is 1. The van der Waals surface area contributed by atoms with Crippen molar-refractivity contribution in [2.24, 2.45) is 0 Å². The molecule has 0 radical (unpaired) electrons. The molecule has 2 aliphatic rings. The third kappa shape index (κ3) is 4.38. The van der Waals surface area contributed by atoms with Crippen molar-refractivity contribution in [1.82, 2.24) is 15.2 Å². The summed E-state index contributed by atoms with van der Waals surface area (Å²) in [5, 5.41) is 13.7. The summed E-state index contributed by atoms with van der Waals surface area (Å²) < 4.78 is 5.75. The predicted octanol–water partition coefficient (Wildman–Crippen LogP) is 5.93. The molecule has 34 heavy (non-hydrogen) atoms. The van der Waals surface area contributed by atoms with E-state index in [0.29, 0.717) is 11.3 Å². The number of amides is 2. The average Bonchev–Trinajstić information content (AvgIpc) is 3.60. The number of likely N-dealkylation sites (tertiary alicyclic amines) is 1. The molecule has 0 saturated carbocycles. The minimum absolute atomic E-state index is 0.00792. The van der Waals surface area contributed by atoms with Crippen molar-refractivity contribution in [3.8, 4) is 32.8 Å². The molecule has 0 bridgehead atoms. The lowest BCUT2D eigenvalue weighted by atomic mass is 10.0. The van der Waals surface area contributed by atoms with E-state index >= 15 is 0 Å². The number of carbonyl (C=O) groups is 1. The Morgan fingerprint density at radius 3 is 2.85 bits per heavy atom. The molecule has 0 spiro atoms. The van der Waals surface area contributed by atoms with E-state index in [1.165, 1.54) is 16.7 Å². The molecule has 1 aliphatic carbocycles. The Bertz CT molecular complexity index is 1250. The summed E-state index contributed by atoms with van der Waals surface area (Å²) in [5.41, 5.74) is 5.11. The molecule has 1 fully saturated rings. The Labute approximate surface area is 204 Å². The molecule has 1 N–H and O–H groups in total. The molecule has 2 amide bonds. The quantitative estimate of drug-likeness (QED) is 0.499. The van der Waals surface area contributed by atoms with Gasteiger partial charge in [0.2, 0.25) is 0 Å². The number of nitrogens with one attached hydrogen (secondary N) is 1. The number of carbonyl (C=O) groups excluding carboxylic acids is 1. The lowest BCUT2D eigenvalue weighted by Gasteiger charge is -2.21. The molecule has 6 nitrogen and oxygen atoms in total. The molecular formula is C27H28N4O2S. The van der Waals surface area contributed by atoms with Gasteiger partial charge in [0.25, 0.3) is 0 Å². The minimum atomic E-state index is 0.00792. The second-order valence-corrected chi connectivity index (χ2v) is 10.2. The maximum atomic E-state index is 12.6. The third-order valence-corrected chi connectivity index (χ3v) is 7.52. The van der Waals surface area contributed by atoms with Crippen LogP contribution in [0, 0.1) is 11.3 Å². The fourth-order valence-electron chi connectivity index (χ4n) is 4.83. The molecule has 2 aromatic carbocycles. The van der Waals surface area contributed by atoms with Crippen molar-refractivity contribution in [3.05, 3.63) is 59.3 Å². The minimum Gasteiger partial charge on any atom is -0.490 e. The largest absolute Gasteiger partial charge is 0.490 e. The van der Waals surface area contributed by atoms with Gasteiger partial charge in [0, 0.05) is 24.8 Å². The molecule has 1 aliphatic heterocycles. The normalized spacial score (nSPS) is 17.0. The zero-order valence-electron chi connectivity index (χ0n) is 19.5. The Morgan fingerprint density at radius 1 is 1.26 bits per heavy atom. The van der Waals surface area contributed by atoms with Gasteiger partial charge < -0.3 is 15.0 Å². The van der Waals surface area contributed by atoms with E-state index in [2.05, 4.69) is 34.6 Å². The van der Waals surface area contributed by atoms with Crippen LogP contribution in [0.1, 0.15) is 55.8 Å². The first-order chi connectivity index (χ1) is 16.5. The van der Waals surface area contributed by atoms with Gasteiger partial charge in [0.15, 0.2) is 0 Å². The molecule has 7 heteroatoms. The van der Waals surface area contributed by atoms with Gasteiger partial charge >= 0.3 is 6.03 Å². The van der Waals surface area contributed by atoms with Crippen molar-refractivity contribution >= 4 is 17.4 Å². The van der Waals surface area contributed by atoms with Crippen LogP contribution >= 0.6 is 11.3 Å². The number of aromatic nitrogens is 1. The maximum absolute atomic E-state index is 12.6. The Morgan fingerprint density at radius 2 is 2.09 bits per heavy atom. The highest BCUT2D eigenvalue weighted by molar-refractivity contribution is 7.18. The summed E-state index contributed by atoms with van der Waals surface area (Å²) >= 11 is 1.62. The molecule has 1 unspecified atom stereocenters. The molecule has 2 heterocycles. The summed E-state index contributed by atoms with van der Waals surface area (Å²) in [6, 6.07) is 14.3. The smallest absolute Gasteiger partial charge is 0.317 e. The summed E-state index contributed by atoms with van der Waals surface area (Å²) in [6.07, 6.45) is 5.96. The summed E-state index contributed by atoms with van der Waals surface area (Å²) in [4.78, 5) is 20.3. The van der Waals surface area contributed by atoms with Crippen molar-refractivity contribution in [1.29, 1.82) is 5.26 Å². The first-order valence-corrected chi connectivity index (χ1v) is 12.7. The maximum Gasteiger partial charge on any atom is 0.317 e. The first-order valence-electron chi connectivity index (χ1n) is 11.9. The molecular weight excluding hydrogens is 444 g/mol. The van der Waals surface area contributed by atoms with Crippen molar-refractivity contribution < 1.29 is 9.53 Å². The van der Waals surface area contributed by atoms with Crippen LogP contribution in [0.4, 0.5) is 4.79 Å². The molecule has 1 saturated heterocycles. The predicted molar refractivity (Wildman–Crippen MR) is 134 cm³/mol. The molecule has 174 valence electrons. The van der Waals surface area contributed by atoms with Gasteiger partial charge in [-0.25, -0.2) is 9.78 Å². The number of hydrogen-bond donors (Lipinski definition) is 1. The lowest BCUT2D eigenvalue weighted by molar-refractivity contribution is 0.204. The van der Waals surface area contributed by atoms with E-state index in [9.17, 15) is 10.1 Å². The van der Waals surface area contributed by atoms with Crippen LogP contribution in [0.15, 0.2) is 42.6 Å². The lowest BCUT2D eigenvalue weighted by Crippen LogP contribution is -2.39. The zero-order chi connectivity index (χ0) is 23.7. The second-order valence-electron chi connectivity index (χ2n) is 9.13. The highest BCUT2D eigenvalue weighted by atomic mass is 32.1. The molecule has 1 aromatic heterocycles. The summed E-state index contributed by atoms with van der Waals surface area (Å²) in [7, 11) is 0. The van der Waals surface area contributed by atoms with E-state index in [1.807, 2.05) is 43.1 Å². The third-order valence-electron chi connectivity index (χ3n) is 6.44. The van der Waals surface area contributed by atoms with Gasteiger partial charge in [-0.15, -0.1) is 11.3 Å². The number of nitriles is 1. The van der Waals surface area contributed by atoms with E-state index in [0.717, 1.165) is 54.2 Å². The standard InChI is InChI=1S/C27H28N4O2S/c1-17(2)33-24-11-8-18(14-19(24)15-28)26-29-16-25(34-26)22-7-5-6-21-20(22)9-10-23(21)30-27(32)31-12-3-4-13-31/h5-8,11,14,16-17,23H,3-4,9-10,12-13H2,1-2H3,(H,30,32). The fourth-order valence-corrected chi connectivity index (χ4v) is 5.80. The molecule has 1 atom stereocenters. The van der Waals surface area contributed by atoms with Gasteiger partial charge in [0.1, 0.15) is 16.8 Å².